The molecular formula is C15H28N2O3. The van der Waals surface area contributed by atoms with Crippen molar-refractivity contribution < 1.29 is 14.3 Å². The zero-order valence-electron chi connectivity index (χ0n) is 13.0. The van der Waals surface area contributed by atoms with E-state index in [1.165, 1.54) is 12.8 Å². The van der Waals surface area contributed by atoms with Crippen LogP contribution in [-0.2, 0) is 14.3 Å². The molecule has 2 atom stereocenters. The molecule has 0 spiro atoms. The maximum Gasteiger partial charge on any atom is 0.225 e. The summed E-state index contributed by atoms with van der Waals surface area (Å²) in [5.41, 5.74) is 0. The highest BCUT2D eigenvalue weighted by Crippen LogP contribution is 2.30. The Kier molecular flexibility index (Phi) is 5.81. The Balaban J connectivity index is 1.86. The molecule has 20 heavy (non-hydrogen) atoms. The Hall–Kier alpha value is -0.650. The van der Waals surface area contributed by atoms with E-state index in [0.717, 1.165) is 32.8 Å². The Morgan fingerprint density at radius 2 is 2.20 bits per heavy atom. The van der Waals surface area contributed by atoms with Crippen molar-refractivity contribution >= 4 is 5.91 Å². The van der Waals surface area contributed by atoms with Gasteiger partial charge in [-0.05, 0) is 32.7 Å². The molecule has 5 heteroatoms. The van der Waals surface area contributed by atoms with Gasteiger partial charge in [0.2, 0.25) is 5.91 Å². The molecule has 2 fully saturated rings. The molecule has 0 bridgehead atoms. The first-order chi connectivity index (χ1) is 9.58. The lowest BCUT2D eigenvalue weighted by molar-refractivity contribution is -0.137. The van der Waals surface area contributed by atoms with E-state index in [0.29, 0.717) is 12.3 Å². The molecule has 2 rings (SSSR count). The van der Waals surface area contributed by atoms with E-state index >= 15 is 0 Å². The number of carbonyl (C=O) groups is 1. The summed E-state index contributed by atoms with van der Waals surface area (Å²) < 4.78 is 11.0. The number of methoxy groups -OCH3 is 1. The predicted molar refractivity (Wildman–Crippen MR) is 77.6 cm³/mol. The van der Waals surface area contributed by atoms with Gasteiger partial charge in [-0.1, -0.05) is 0 Å². The van der Waals surface area contributed by atoms with Crippen LogP contribution in [0.15, 0.2) is 0 Å². The molecule has 1 saturated carbocycles. The van der Waals surface area contributed by atoms with Crippen molar-refractivity contribution in [2.45, 2.75) is 38.4 Å². The van der Waals surface area contributed by atoms with Crippen LogP contribution in [0.2, 0.25) is 0 Å². The minimum absolute atomic E-state index is 0.0147. The average molecular weight is 284 g/mol. The summed E-state index contributed by atoms with van der Waals surface area (Å²) >= 11 is 0. The van der Waals surface area contributed by atoms with E-state index in [4.69, 9.17) is 9.47 Å². The quantitative estimate of drug-likeness (QED) is 0.699. The van der Waals surface area contributed by atoms with Crippen LogP contribution in [0, 0.1) is 5.92 Å². The molecular weight excluding hydrogens is 256 g/mol. The standard InChI is InChI=1S/C15H28N2O3/c1-12(19-3)8-15(18)17(9-13-4-5-13)11-14-10-16(2)6-7-20-14/h12-14H,4-11H2,1-3H3/t12-,14-/m1/s1. The molecule has 0 aromatic rings. The SMILES string of the molecule is CO[C@H](C)CC(=O)N(CC1CC1)C[C@H]1CN(C)CCO1. The molecule has 0 N–H and O–H groups in total. The third-order valence-electron chi connectivity index (χ3n) is 4.16. The highest BCUT2D eigenvalue weighted by Gasteiger charge is 2.30. The number of hydrogen-bond acceptors (Lipinski definition) is 4. The lowest BCUT2D eigenvalue weighted by Gasteiger charge is -2.34. The fraction of sp³-hybridized carbons (Fsp3) is 0.933. The molecule has 116 valence electrons. The van der Waals surface area contributed by atoms with Crippen LogP contribution in [0.1, 0.15) is 26.2 Å². The van der Waals surface area contributed by atoms with Crippen molar-refractivity contribution in [3.63, 3.8) is 0 Å². The fourth-order valence-corrected chi connectivity index (χ4v) is 2.57. The summed E-state index contributed by atoms with van der Waals surface area (Å²) in [4.78, 5) is 16.7. The number of hydrogen-bond donors (Lipinski definition) is 0. The number of nitrogens with zero attached hydrogens (tertiary/aromatic N) is 2. The minimum Gasteiger partial charge on any atom is -0.381 e. The summed E-state index contributed by atoms with van der Waals surface area (Å²) in [5.74, 6) is 0.904. The minimum atomic E-state index is -0.0147. The van der Waals surface area contributed by atoms with E-state index in [1.807, 2.05) is 11.8 Å². The third-order valence-corrected chi connectivity index (χ3v) is 4.16. The van der Waals surface area contributed by atoms with Crippen LogP contribution in [-0.4, -0.2) is 74.9 Å². The molecule has 1 saturated heterocycles. The third kappa shape index (κ3) is 5.04. The summed E-state index contributed by atoms with van der Waals surface area (Å²) in [7, 11) is 3.76. The first-order valence-corrected chi connectivity index (χ1v) is 7.69. The van der Waals surface area contributed by atoms with E-state index < -0.39 is 0 Å². The molecule has 1 amide bonds. The number of ether oxygens (including phenoxy) is 2. The zero-order valence-corrected chi connectivity index (χ0v) is 13.0. The predicted octanol–water partition coefficient (Wildman–Crippen LogP) is 0.981. The number of rotatable bonds is 7. The second-order valence-electron chi connectivity index (χ2n) is 6.25. The second kappa shape index (κ2) is 7.38. The lowest BCUT2D eigenvalue weighted by atomic mass is 10.2. The Morgan fingerprint density at radius 1 is 1.45 bits per heavy atom. The number of carbonyl (C=O) groups excluding carboxylic acids is 1. The Morgan fingerprint density at radius 3 is 2.80 bits per heavy atom. The first kappa shape index (κ1) is 15.7. The van der Waals surface area contributed by atoms with Gasteiger partial charge in [-0.3, -0.25) is 4.79 Å². The van der Waals surface area contributed by atoms with Crippen molar-refractivity contribution in [2.24, 2.45) is 5.92 Å². The number of likely N-dealkylation sites (N-methyl/N-ethyl adjacent to an activating group) is 1. The molecule has 2 aliphatic rings. The van der Waals surface area contributed by atoms with E-state index in [-0.39, 0.29) is 18.1 Å². The zero-order chi connectivity index (χ0) is 14.5. The maximum absolute atomic E-state index is 12.4. The summed E-state index contributed by atoms with van der Waals surface area (Å²) in [5, 5.41) is 0. The molecule has 1 heterocycles. The van der Waals surface area contributed by atoms with Gasteiger partial charge >= 0.3 is 0 Å². The number of amides is 1. The van der Waals surface area contributed by atoms with Gasteiger partial charge in [-0.2, -0.15) is 0 Å². The normalized spacial score (nSPS) is 25.4. The first-order valence-electron chi connectivity index (χ1n) is 7.69. The highest BCUT2D eigenvalue weighted by molar-refractivity contribution is 5.76. The van der Waals surface area contributed by atoms with Crippen LogP contribution >= 0.6 is 0 Å². The highest BCUT2D eigenvalue weighted by atomic mass is 16.5. The summed E-state index contributed by atoms with van der Waals surface area (Å²) in [6.45, 7) is 6.20. The van der Waals surface area contributed by atoms with Crippen molar-refractivity contribution in [2.75, 3.05) is 46.9 Å². The van der Waals surface area contributed by atoms with E-state index in [1.54, 1.807) is 7.11 Å². The van der Waals surface area contributed by atoms with Gasteiger partial charge in [0.05, 0.1) is 25.2 Å². The smallest absolute Gasteiger partial charge is 0.225 e. The van der Waals surface area contributed by atoms with Gasteiger partial charge in [0, 0.05) is 33.3 Å². The van der Waals surface area contributed by atoms with Gasteiger partial charge in [0.25, 0.3) is 0 Å². The summed E-state index contributed by atoms with van der Waals surface area (Å²) in [6, 6.07) is 0. The Bertz CT molecular complexity index is 320. The van der Waals surface area contributed by atoms with Crippen LogP contribution in [0.4, 0.5) is 0 Å². The van der Waals surface area contributed by atoms with Crippen LogP contribution in [0.3, 0.4) is 0 Å². The van der Waals surface area contributed by atoms with E-state index in [2.05, 4.69) is 11.9 Å². The molecule has 1 aliphatic carbocycles. The molecule has 0 radical (unpaired) electrons. The van der Waals surface area contributed by atoms with Gasteiger partial charge < -0.3 is 19.3 Å². The second-order valence-corrected chi connectivity index (χ2v) is 6.25. The monoisotopic (exact) mass is 284 g/mol. The Labute approximate surface area is 122 Å². The van der Waals surface area contributed by atoms with Crippen LogP contribution in [0.25, 0.3) is 0 Å². The largest absolute Gasteiger partial charge is 0.381 e. The van der Waals surface area contributed by atoms with E-state index in [9.17, 15) is 4.79 Å². The van der Waals surface area contributed by atoms with Crippen LogP contribution in [0.5, 0.6) is 0 Å². The molecule has 0 aromatic carbocycles. The maximum atomic E-state index is 12.4. The fourth-order valence-electron chi connectivity index (χ4n) is 2.57. The lowest BCUT2D eigenvalue weighted by Crippen LogP contribution is -2.48. The molecule has 1 aliphatic heterocycles. The summed E-state index contributed by atoms with van der Waals surface area (Å²) in [6.07, 6.45) is 3.11. The number of morpholine rings is 1. The van der Waals surface area contributed by atoms with Crippen LogP contribution < -0.4 is 0 Å². The molecule has 0 aromatic heterocycles. The van der Waals surface area contributed by atoms with Crippen molar-refractivity contribution in [3.05, 3.63) is 0 Å². The van der Waals surface area contributed by atoms with Gasteiger partial charge in [0.15, 0.2) is 0 Å². The van der Waals surface area contributed by atoms with Gasteiger partial charge in [-0.25, -0.2) is 0 Å². The van der Waals surface area contributed by atoms with Gasteiger partial charge in [-0.15, -0.1) is 0 Å². The van der Waals surface area contributed by atoms with Crippen molar-refractivity contribution in [1.82, 2.24) is 9.80 Å². The average Bonchev–Trinajstić information content (AvgIpc) is 3.22. The van der Waals surface area contributed by atoms with Crippen molar-refractivity contribution in [3.8, 4) is 0 Å². The van der Waals surface area contributed by atoms with Crippen molar-refractivity contribution in [1.29, 1.82) is 0 Å². The van der Waals surface area contributed by atoms with Gasteiger partial charge in [0.1, 0.15) is 0 Å². The molecule has 5 nitrogen and oxygen atoms in total. The molecule has 0 unspecified atom stereocenters. The topological polar surface area (TPSA) is 42.0 Å².